The van der Waals surface area contributed by atoms with Crippen molar-refractivity contribution in [3.8, 4) is 11.8 Å². The Morgan fingerprint density at radius 3 is 2.46 bits per heavy atom. The number of hydrogen-bond acceptors (Lipinski definition) is 5. The number of anilines is 1. The Balaban J connectivity index is 1.90. The standard InChI is InChI=1S/C20H19FN2O3/c1-23(2)17-9-7-15(8-10-17)13-16(14-22)20(24)26-12-11-25-19-6-4-3-5-18(19)21/h3-10,13H,11-12H2,1-2H3/b16-13+. The van der Waals surface area contributed by atoms with Crippen LogP contribution in [0.15, 0.2) is 54.1 Å². The molecule has 0 bridgehead atoms. The van der Waals surface area contributed by atoms with Crippen LogP contribution in [0.1, 0.15) is 5.56 Å². The molecule has 0 atom stereocenters. The van der Waals surface area contributed by atoms with Gasteiger partial charge in [-0.25, -0.2) is 9.18 Å². The fraction of sp³-hybridized carbons (Fsp3) is 0.200. The third-order valence-corrected chi connectivity index (χ3v) is 3.47. The van der Waals surface area contributed by atoms with Gasteiger partial charge in [-0.1, -0.05) is 24.3 Å². The molecule has 0 aromatic heterocycles. The highest BCUT2D eigenvalue weighted by atomic mass is 19.1. The van der Waals surface area contributed by atoms with Crippen molar-refractivity contribution in [1.29, 1.82) is 5.26 Å². The third-order valence-electron chi connectivity index (χ3n) is 3.47. The number of carbonyl (C=O) groups is 1. The predicted molar refractivity (Wildman–Crippen MR) is 97.2 cm³/mol. The molecule has 0 unspecified atom stereocenters. The van der Waals surface area contributed by atoms with E-state index in [9.17, 15) is 9.18 Å². The second-order valence-corrected chi connectivity index (χ2v) is 5.57. The van der Waals surface area contributed by atoms with E-state index in [0.29, 0.717) is 5.56 Å². The highest BCUT2D eigenvalue weighted by Crippen LogP contribution is 2.16. The minimum atomic E-state index is -0.749. The average Bonchev–Trinajstić information content (AvgIpc) is 2.64. The summed E-state index contributed by atoms with van der Waals surface area (Å²) in [5.74, 6) is -1.15. The lowest BCUT2D eigenvalue weighted by molar-refractivity contribution is -0.139. The number of ether oxygens (including phenoxy) is 2. The topological polar surface area (TPSA) is 62.6 Å². The molecule has 0 saturated heterocycles. The number of nitriles is 1. The van der Waals surface area contributed by atoms with E-state index in [2.05, 4.69) is 0 Å². The number of esters is 1. The molecule has 0 amide bonds. The molecule has 5 nitrogen and oxygen atoms in total. The van der Waals surface area contributed by atoms with Gasteiger partial charge in [-0.3, -0.25) is 0 Å². The maximum absolute atomic E-state index is 13.4. The van der Waals surface area contributed by atoms with E-state index in [4.69, 9.17) is 14.7 Å². The van der Waals surface area contributed by atoms with E-state index >= 15 is 0 Å². The fourth-order valence-corrected chi connectivity index (χ4v) is 2.10. The Hall–Kier alpha value is -3.33. The van der Waals surface area contributed by atoms with Crippen molar-refractivity contribution in [3.05, 3.63) is 65.5 Å². The van der Waals surface area contributed by atoms with Gasteiger partial charge >= 0.3 is 5.97 Å². The Morgan fingerprint density at radius 2 is 1.85 bits per heavy atom. The highest BCUT2D eigenvalue weighted by molar-refractivity contribution is 5.97. The molecule has 0 fully saturated rings. The number of rotatable bonds is 7. The average molecular weight is 354 g/mol. The zero-order valence-corrected chi connectivity index (χ0v) is 14.6. The van der Waals surface area contributed by atoms with Crippen LogP contribution in [0.3, 0.4) is 0 Å². The van der Waals surface area contributed by atoms with Crippen molar-refractivity contribution < 1.29 is 18.7 Å². The molecule has 0 N–H and O–H groups in total. The van der Waals surface area contributed by atoms with Crippen molar-refractivity contribution >= 4 is 17.7 Å². The van der Waals surface area contributed by atoms with Gasteiger partial charge in [0.2, 0.25) is 0 Å². The molecule has 2 aromatic carbocycles. The number of para-hydroxylation sites is 1. The predicted octanol–water partition coefficient (Wildman–Crippen LogP) is 3.42. The van der Waals surface area contributed by atoms with Crippen molar-refractivity contribution in [2.24, 2.45) is 0 Å². The van der Waals surface area contributed by atoms with Crippen LogP contribution in [-0.4, -0.2) is 33.3 Å². The SMILES string of the molecule is CN(C)c1ccc(/C=C(\C#N)C(=O)OCCOc2ccccc2F)cc1. The van der Waals surface area contributed by atoms with E-state index in [1.54, 1.807) is 24.3 Å². The lowest BCUT2D eigenvalue weighted by atomic mass is 10.1. The Kier molecular flexibility index (Phi) is 6.75. The Morgan fingerprint density at radius 1 is 1.15 bits per heavy atom. The van der Waals surface area contributed by atoms with Crippen LogP contribution in [0.4, 0.5) is 10.1 Å². The molecule has 0 saturated carbocycles. The van der Waals surface area contributed by atoms with Crippen LogP contribution in [0.2, 0.25) is 0 Å². The molecular weight excluding hydrogens is 335 g/mol. The van der Waals surface area contributed by atoms with Crippen LogP contribution < -0.4 is 9.64 Å². The summed E-state index contributed by atoms with van der Waals surface area (Å²) < 4.78 is 23.6. The summed E-state index contributed by atoms with van der Waals surface area (Å²) in [4.78, 5) is 13.9. The molecule has 2 rings (SSSR count). The van der Waals surface area contributed by atoms with Crippen molar-refractivity contribution in [1.82, 2.24) is 0 Å². The van der Waals surface area contributed by atoms with Gasteiger partial charge in [0.1, 0.15) is 24.9 Å². The molecule has 26 heavy (non-hydrogen) atoms. The van der Waals surface area contributed by atoms with E-state index in [-0.39, 0.29) is 24.5 Å². The molecular formula is C20H19FN2O3. The highest BCUT2D eigenvalue weighted by Gasteiger charge is 2.11. The number of nitrogens with zero attached hydrogens (tertiary/aromatic N) is 2. The summed E-state index contributed by atoms with van der Waals surface area (Å²) in [7, 11) is 3.85. The van der Waals surface area contributed by atoms with Crippen molar-refractivity contribution in [3.63, 3.8) is 0 Å². The Labute approximate surface area is 151 Å². The van der Waals surface area contributed by atoms with Gasteiger partial charge in [0.25, 0.3) is 0 Å². The minimum Gasteiger partial charge on any atom is -0.487 e. The van der Waals surface area contributed by atoms with Crippen molar-refractivity contribution in [2.45, 2.75) is 0 Å². The van der Waals surface area contributed by atoms with E-state index < -0.39 is 11.8 Å². The molecule has 0 spiro atoms. The molecule has 6 heteroatoms. The Bertz CT molecular complexity index is 824. The van der Waals surface area contributed by atoms with Gasteiger partial charge in [0.15, 0.2) is 11.6 Å². The number of benzene rings is 2. The molecule has 0 radical (unpaired) electrons. The fourth-order valence-electron chi connectivity index (χ4n) is 2.10. The molecule has 0 aliphatic carbocycles. The number of halogens is 1. The van der Waals surface area contributed by atoms with E-state index in [0.717, 1.165) is 5.69 Å². The van der Waals surface area contributed by atoms with Gasteiger partial charge in [-0.05, 0) is 35.9 Å². The smallest absolute Gasteiger partial charge is 0.349 e. The number of carbonyl (C=O) groups excluding carboxylic acids is 1. The first-order valence-electron chi connectivity index (χ1n) is 7.95. The maximum atomic E-state index is 13.4. The number of hydrogen-bond donors (Lipinski definition) is 0. The monoisotopic (exact) mass is 354 g/mol. The maximum Gasteiger partial charge on any atom is 0.349 e. The first kappa shape index (κ1) is 19.0. The first-order valence-corrected chi connectivity index (χ1v) is 7.95. The third kappa shape index (κ3) is 5.35. The summed E-state index contributed by atoms with van der Waals surface area (Å²) in [6.07, 6.45) is 1.46. The zero-order valence-electron chi connectivity index (χ0n) is 14.6. The lowest BCUT2D eigenvalue weighted by Gasteiger charge is -2.12. The summed E-state index contributed by atoms with van der Waals surface area (Å²) in [5.41, 5.74) is 1.61. The largest absolute Gasteiger partial charge is 0.487 e. The van der Waals surface area contributed by atoms with Gasteiger partial charge in [-0.15, -0.1) is 0 Å². The van der Waals surface area contributed by atoms with Gasteiger partial charge in [0, 0.05) is 19.8 Å². The summed E-state index contributed by atoms with van der Waals surface area (Å²) in [6, 6.07) is 15.2. The lowest BCUT2D eigenvalue weighted by Crippen LogP contribution is -2.13. The van der Waals surface area contributed by atoms with Gasteiger partial charge < -0.3 is 14.4 Å². The van der Waals surface area contributed by atoms with Crippen molar-refractivity contribution in [2.75, 3.05) is 32.2 Å². The van der Waals surface area contributed by atoms with Crippen LogP contribution >= 0.6 is 0 Å². The van der Waals surface area contributed by atoms with Crippen LogP contribution in [0.5, 0.6) is 5.75 Å². The van der Waals surface area contributed by atoms with Crippen LogP contribution in [0.25, 0.3) is 6.08 Å². The summed E-state index contributed by atoms with van der Waals surface area (Å²) in [6.45, 7) is -0.103. The summed E-state index contributed by atoms with van der Waals surface area (Å²) >= 11 is 0. The molecule has 134 valence electrons. The van der Waals surface area contributed by atoms with Gasteiger partial charge in [-0.2, -0.15) is 5.26 Å². The second kappa shape index (κ2) is 9.23. The first-order chi connectivity index (χ1) is 12.5. The van der Waals surface area contributed by atoms with E-state index in [1.807, 2.05) is 37.2 Å². The van der Waals surface area contributed by atoms with Crippen LogP contribution in [0, 0.1) is 17.1 Å². The summed E-state index contributed by atoms with van der Waals surface area (Å²) in [5, 5.41) is 9.16. The molecule has 0 aliphatic rings. The van der Waals surface area contributed by atoms with E-state index in [1.165, 1.54) is 18.2 Å². The zero-order chi connectivity index (χ0) is 18.9. The normalized spacial score (nSPS) is 10.8. The minimum absolute atomic E-state index is 0.0110. The quantitative estimate of drug-likeness (QED) is 0.330. The molecule has 0 heterocycles. The van der Waals surface area contributed by atoms with Crippen LogP contribution in [-0.2, 0) is 9.53 Å². The van der Waals surface area contributed by atoms with Gasteiger partial charge in [0.05, 0.1) is 0 Å². The molecule has 0 aliphatic heterocycles. The second-order valence-electron chi connectivity index (χ2n) is 5.57. The molecule has 2 aromatic rings.